The molecule has 3 amide bonds. The minimum absolute atomic E-state index is 0.0920. The lowest BCUT2D eigenvalue weighted by Gasteiger charge is -2.26. The summed E-state index contributed by atoms with van der Waals surface area (Å²) in [6.07, 6.45) is 1.48. The Morgan fingerprint density at radius 3 is 2.53 bits per heavy atom. The summed E-state index contributed by atoms with van der Waals surface area (Å²) in [7, 11) is 0. The fraction of sp³-hybridized carbons (Fsp3) is 0.250. The number of nitrogens with zero attached hydrogens (tertiary/aromatic N) is 2. The summed E-state index contributed by atoms with van der Waals surface area (Å²) in [5.41, 5.74) is 4.59. The molecule has 0 aliphatic carbocycles. The first-order valence-corrected chi connectivity index (χ1v) is 11.7. The van der Waals surface area contributed by atoms with E-state index in [1.807, 2.05) is 67.6 Å². The largest absolute Gasteiger partial charge is 0.348 e. The van der Waals surface area contributed by atoms with Crippen molar-refractivity contribution < 1.29 is 14.4 Å². The summed E-state index contributed by atoms with van der Waals surface area (Å²) in [5, 5.41) is 2.99. The number of hydrogen-bond donors (Lipinski definition) is 1. The first kappa shape index (κ1) is 21.9. The van der Waals surface area contributed by atoms with Gasteiger partial charge in [-0.2, -0.15) is 0 Å². The van der Waals surface area contributed by atoms with E-state index in [-0.39, 0.29) is 24.3 Å². The number of carbonyl (C=O) groups excluding carboxylic acids is 3. The zero-order valence-electron chi connectivity index (χ0n) is 19.2. The van der Waals surface area contributed by atoms with E-state index in [0.29, 0.717) is 36.3 Å². The predicted octanol–water partition coefficient (Wildman–Crippen LogP) is 4.08. The van der Waals surface area contributed by atoms with Crippen LogP contribution in [0.5, 0.6) is 0 Å². The second kappa shape index (κ2) is 9.14. The van der Waals surface area contributed by atoms with Gasteiger partial charge < -0.3 is 15.1 Å². The second-order valence-electron chi connectivity index (χ2n) is 8.92. The van der Waals surface area contributed by atoms with Crippen molar-refractivity contribution in [2.24, 2.45) is 0 Å². The Bertz CT molecular complexity index is 1250. The molecule has 1 fully saturated rings. The van der Waals surface area contributed by atoms with Gasteiger partial charge in [0.05, 0.1) is 17.8 Å². The summed E-state index contributed by atoms with van der Waals surface area (Å²) in [5.74, 6) is -0.381. The molecule has 1 atom stereocenters. The van der Waals surface area contributed by atoms with Gasteiger partial charge in [-0.1, -0.05) is 60.2 Å². The maximum Gasteiger partial charge on any atom is 0.256 e. The zero-order chi connectivity index (χ0) is 23.7. The third kappa shape index (κ3) is 4.07. The summed E-state index contributed by atoms with van der Waals surface area (Å²) < 4.78 is 0. The number of nitrogens with one attached hydrogen (secondary N) is 1. The molecule has 3 aromatic carbocycles. The molecular weight excluding hydrogens is 426 g/mol. The lowest BCUT2D eigenvalue weighted by Crippen LogP contribution is -2.44. The average molecular weight is 454 g/mol. The summed E-state index contributed by atoms with van der Waals surface area (Å²) in [6.45, 7) is 3.26. The van der Waals surface area contributed by atoms with Crippen LogP contribution in [0.2, 0.25) is 0 Å². The molecule has 0 spiro atoms. The molecule has 0 unspecified atom stereocenters. The molecule has 1 saturated heterocycles. The third-order valence-corrected chi connectivity index (χ3v) is 6.65. The molecule has 6 heteroatoms. The smallest absolute Gasteiger partial charge is 0.256 e. The Labute approximate surface area is 199 Å². The molecule has 0 bridgehead atoms. The molecule has 1 N–H and O–H groups in total. The highest BCUT2D eigenvalue weighted by Crippen LogP contribution is 2.33. The number of amides is 3. The van der Waals surface area contributed by atoms with Gasteiger partial charge in [0.25, 0.3) is 11.8 Å². The highest BCUT2D eigenvalue weighted by Gasteiger charge is 2.42. The van der Waals surface area contributed by atoms with Gasteiger partial charge in [0.1, 0.15) is 6.04 Å². The number of anilines is 1. The van der Waals surface area contributed by atoms with Crippen LogP contribution in [0.4, 0.5) is 5.69 Å². The minimum Gasteiger partial charge on any atom is -0.348 e. The molecule has 0 radical (unpaired) electrons. The molecule has 172 valence electrons. The monoisotopic (exact) mass is 453 g/mol. The Balaban J connectivity index is 1.43. The number of carbonyl (C=O) groups is 3. The molecule has 2 aliphatic heterocycles. The molecule has 34 heavy (non-hydrogen) atoms. The van der Waals surface area contributed by atoms with Crippen LogP contribution in [-0.2, 0) is 17.9 Å². The van der Waals surface area contributed by atoms with E-state index in [1.54, 1.807) is 21.9 Å². The van der Waals surface area contributed by atoms with Gasteiger partial charge in [0.2, 0.25) is 5.91 Å². The molecule has 5 rings (SSSR count). The topological polar surface area (TPSA) is 69.7 Å². The average Bonchev–Trinajstić information content (AvgIpc) is 3.34. The first-order valence-electron chi connectivity index (χ1n) is 11.7. The van der Waals surface area contributed by atoms with Gasteiger partial charge in [0, 0.05) is 18.7 Å². The maximum absolute atomic E-state index is 13.6. The Kier molecular flexibility index (Phi) is 5.88. The van der Waals surface area contributed by atoms with E-state index in [9.17, 15) is 14.4 Å². The van der Waals surface area contributed by atoms with E-state index >= 15 is 0 Å². The Hall–Kier alpha value is -3.93. The van der Waals surface area contributed by atoms with E-state index in [4.69, 9.17) is 0 Å². The van der Waals surface area contributed by atoms with Crippen LogP contribution < -0.4 is 10.2 Å². The van der Waals surface area contributed by atoms with E-state index in [1.165, 1.54) is 5.56 Å². The van der Waals surface area contributed by atoms with Crippen LogP contribution >= 0.6 is 0 Å². The van der Waals surface area contributed by atoms with Crippen LogP contribution in [0, 0.1) is 6.92 Å². The van der Waals surface area contributed by atoms with E-state index < -0.39 is 6.04 Å². The molecule has 3 aromatic rings. The molecule has 2 heterocycles. The van der Waals surface area contributed by atoms with E-state index in [2.05, 4.69) is 5.32 Å². The van der Waals surface area contributed by atoms with Gasteiger partial charge in [-0.05, 0) is 49.1 Å². The highest BCUT2D eigenvalue weighted by atomic mass is 16.2. The molecule has 0 aromatic heterocycles. The fourth-order valence-corrected chi connectivity index (χ4v) is 4.81. The van der Waals surface area contributed by atoms with Gasteiger partial charge in [-0.25, -0.2) is 0 Å². The van der Waals surface area contributed by atoms with Crippen LogP contribution in [0.25, 0.3) is 0 Å². The number of fused-ring (bicyclic) bond motifs is 2. The Morgan fingerprint density at radius 1 is 0.971 bits per heavy atom. The Morgan fingerprint density at radius 2 is 1.71 bits per heavy atom. The van der Waals surface area contributed by atoms with Crippen molar-refractivity contribution >= 4 is 23.4 Å². The van der Waals surface area contributed by atoms with Gasteiger partial charge in [-0.3, -0.25) is 14.4 Å². The van der Waals surface area contributed by atoms with Crippen LogP contribution in [0.1, 0.15) is 50.2 Å². The molecule has 0 saturated carbocycles. The molecule has 6 nitrogen and oxygen atoms in total. The number of benzene rings is 3. The minimum atomic E-state index is -0.456. The van der Waals surface area contributed by atoms with Crippen molar-refractivity contribution in [2.45, 2.75) is 38.9 Å². The number of rotatable bonds is 5. The number of aryl methyl sites for hydroxylation is 1. The van der Waals surface area contributed by atoms with Gasteiger partial charge in [-0.15, -0.1) is 0 Å². The number of para-hydroxylation sites is 1. The zero-order valence-corrected chi connectivity index (χ0v) is 19.2. The van der Waals surface area contributed by atoms with Crippen LogP contribution in [0.3, 0.4) is 0 Å². The lowest BCUT2D eigenvalue weighted by molar-refractivity contribution is -0.122. The predicted molar refractivity (Wildman–Crippen MR) is 130 cm³/mol. The standard InChI is InChI=1S/C28H27N3O3/c1-19-12-14-20(15-13-19)17-29-26(32)22-8-3-2-7-21(22)18-31-24-10-5-4-9-23(24)27(33)30-16-6-11-25(30)28(31)34/h2-5,7-10,12-15,25H,6,11,16-18H2,1H3,(H,29,32)/t25-/m1/s1. The van der Waals surface area contributed by atoms with Crippen molar-refractivity contribution in [1.82, 2.24) is 10.2 Å². The highest BCUT2D eigenvalue weighted by molar-refractivity contribution is 6.11. The van der Waals surface area contributed by atoms with Gasteiger partial charge >= 0.3 is 0 Å². The van der Waals surface area contributed by atoms with Crippen LogP contribution in [0.15, 0.2) is 72.8 Å². The number of hydrogen-bond acceptors (Lipinski definition) is 3. The molecule has 2 aliphatic rings. The van der Waals surface area contributed by atoms with Gasteiger partial charge in [0.15, 0.2) is 0 Å². The summed E-state index contributed by atoms with van der Waals surface area (Å²) in [6, 6.07) is 22.2. The second-order valence-corrected chi connectivity index (χ2v) is 8.92. The third-order valence-electron chi connectivity index (χ3n) is 6.65. The normalized spacial score (nSPS) is 17.3. The van der Waals surface area contributed by atoms with E-state index in [0.717, 1.165) is 17.5 Å². The van der Waals surface area contributed by atoms with Crippen molar-refractivity contribution in [2.75, 3.05) is 11.4 Å². The van der Waals surface area contributed by atoms with Crippen molar-refractivity contribution in [1.29, 1.82) is 0 Å². The maximum atomic E-state index is 13.6. The van der Waals surface area contributed by atoms with Crippen molar-refractivity contribution in [3.63, 3.8) is 0 Å². The first-order chi connectivity index (χ1) is 16.5. The molecular formula is C28H27N3O3. The lowest BCUT2D eigenvalue weighted by atomic mass is 10.0. The van der Waals surface area contributed by atoms with Crippen molar-refractivity contribution in [3.05, 3.63) is 101 Å². The SMILES string of the molecule is Cc1ccc(CNC(=O)c2ccccc2CN2C(=O)[C@H]3CCCN3C(=O)c3ccccc32)cc1. The van der Waals surface area contributed by atoms with Crippen LogP contribution in [-0.4, -0.2) is 35.2 Å². The fourth-order valence-electron chi connectivity index (χ4n) is 4.81. The van der Waals surface area contributed by atoms with Crippen molar-refractivity contribution in [3.8, 4) is 0 Å². The summed E-state index contributed by atoms with van der Waals surface area (Å²) in [4.78, 5) is 43.2. The summed E-state index contributed by atoms with van der Waals surface area (Å²) >= 11 is 0. The quantitative estimate of drug-likeness (QED) is 0.633.